The van der Waals surface area contributed by atoms with E-state index < -0.39 is 11.7 Å². The smallest absolute Gasteiger partial charge is 0.417 e. The van der Waals surface area contributed by atoms with E-state index in [0.29, 0.717) is 16.8 Å². The lowest BCUT2D eigenvalue weighted by Crippen LogP contribution is -2.03. The molecule has 3 rings (SSSR count). The first kappa shape index (κ1) is 11.3. The maximum atomic E-state index is 11.3. The summed E-state index contributed by atoms with van der Waals surface area (Å²) in [4.78, 5) is 31.7. The van der Waals surface area contributed by atoms with Crippen LogP contribution in [0.3, 0.4) is 0 Å². The fourth-order valence-electron chi connectivity index (χ4n) is 1.79. The van der Waals surface area contributed by atoms with Crippen LogP contribution < -0.4 is 5.76 Å². The van der Waals surface area contributed by atoms with Gasteiger partial charge >= 0.3 is 11.7 Å². The molecule has 0 aliphatic rings. The van der Waals surface area contributed by atoms with Gasteiger partial charge in [-0.2, -0.15) is 0 Å². The fraction of sp³-hybridized carbons (Fsp3) is 0.0833. The topological polar surface area (TPSA) is 101 Å². The van der Waals surface area contributed by atoms with Crippen LogP contribution in [0.4, 0.5) is 0 Å². The number of nitrogens with one attached hydrogen (secondary N) is 2. The molecule has 96 valence electrons. The molecular weight excluding hydrogens is 250 g/mol. The van der Waals surface area contributed by atoms with Crippen LogP contribution in [0, 0.1) is 0 Å². The summed E-state index contributed by atoms with van der Waals surface area (Å²) < 4.78 is 9.47. The van der Waals surface area contributed by atoms with Crippen molar-refractivity contribution in [1.82, 2.24) is 15.0 Å². The number of H-pyrrole nitrogens is 2. The number of carbonyl (C=O) groups is 1. The fourth-order valence-corrected chi connectivity index (χ4v) is 1.79. The Hall–Kier alpha value is -2.83. The van der Waals surface area contributed by atoms with Gasteiger partial charge in [0.25, 0.3) is 0 Å². The van der Waals surface area contributed by atoms with Gasteiger partial charge in [-0.05, 0) is 18.2 Å². The molecule has 2 heterocycles. The van der Waals surface area contributed by atoms with Crippen LogP contribution in [-0.2, 0) is 4.74 Å². The van der Waals surface area contributed by atoms with Gasteiger partial charge in [0, 0.05) is 5.56 Å². The van der Waals surface area contributed by atoms with Gasteiger partial charge in [-0.15, -0.1) is 0 Å². The lowest BCUT2D eigenvalue weighted by atomic mass is 10.1. The molecule has 2 N–H and O–H groups in total. The van der Waals surface area contributed by atoms with E-state index in [9.17, 15) is 9.59 Å². The predicted octanol–water partition coefficient (Wildman–Crippen LogP) is 1.30. The second-order valence-corrected chi connectivity index (χ2v) is 3.86. The molecule has 0 saturated carbocycles. The van der Waals surface area contributed by atoms with Crippen molar-refractivity contribution in [3.8, 4) is 11.3 Å². The second-order valence-electron chi connectivity index (χ2n) is 3.86. The molecule has 19 heavy (non-hydrogen) atoms. The number of methoxy groups -OCH3 is 1. The Labute approximate surface area is 106 Å². The highest BCUT2D eigenvalue weighted by molar-refractivity contribution is 5.86. The van der Waals surface area contributed by atoms with Crippen molar-refractivity contribution < 1.29 is 13.9 Å². The van der Waals surface area contributed by atoms with Crippen LogP contribution in [0.5, 0.6) is 0 Å². The van der Waals surface area contributed by atoms with E-state index in [4.69, 9.17) is 4.42 Å². The number of carbonyl (C=O) groups excluding carboxylic acids is 1. The summed E-state index contributed by atoms with van der Waals surface area (Å²) in [6.07, 6.45) is 1.52. The van der Waals surface area contributed by atoms with Gasteiger partial charge in [-0.3, -0.25) is 4.98 Å². The van der Waals surface area contributed by atoms with Gasteiger partial charge in [0.2, 0.25) is 5.82 Å². The quantitative estimate of drug-likeness (QED) is 0.675. The average Bonchev–Trinajstić information content (AvgIpc) is 3.01. The Morgan fingerprint density at radius 2 is 2.21 bits per heavy atom. The van der Waals surface area contributed by atoms with E-state index in [2.05, 4.69) is 19.7 Å². The number of benzene rings is 1. The summed E-state index contributed by atoms with van der Waals surface area (Å²) in [6.45, 7) is 0. The molecule has 0 radical (unpaired) electrons. The average molecular weight is 259 g/mol. The minimum atomic E-state index is -0.538. The third-order valence-electron chi connectivity index (χ3n) is 2.68. The highest BCUT2D eigenvalue weighted by atomic mass is 16.5. The molecule has 1 aromatic carbocycles. The molecular formula is C12H9N3O4. The molecule has 0 unspecified atom stereocenters. The lowest BCUT2D eigenvalue weighted by molar-refractivity contribution is 0.0588. The molecule has 2 aromatic heterocycles. The number of oxazole rings is 1. The second kappa shape index (κ2) is 4.13. The number of nitrogens with zero attached hydrogens (tertiary/aromatic N) is 1. The van der Waals surface area contributed by atoms with E-state index in [1.807, 2.05) is 0 Å². The Kier molecular flexibility index (Phi) is 2.45. The van der Waals surface area contributed by atoms with Crippen molar-refractivity contribution in [2.24, 2.45) is 0 Å². The first-order chi connectivity index (χ1) is 9.17. The van der Waals surface area contributed by atoms with Crippen LogP contribution in [0.2, 0.25) is 0 Å². The van der Waals surface area contributed by atoms with Gasteiger partial charge < -0.3 is 14.1 Å². The number of imidazole rings is 1. The maximum absolute atomic E-state index is 11.3. The highest BCUT2D eigenvalue weighted by Crippen LogP contribution is 2.21. The zero-order chi connectivity index (χ0) is 13.4. The van der Waals surface area contributed by atoms with Crippen LogP contribution in [0.1, 0.15) is 10.6 Å². The molecule has 0 aliphatic carbocycles. The number of aromatic amines is 2. The molecule has 0 bridgehead atoms. The van der Waals surface area contributed by atoms with E-state index in [0.717, 1.165) is 5.56 Å². The zero-order valence-corrected chi connectivity index (χ0v) is 9.89. The van der Waals surface area contributed by atoms with E-state index in [-0.39, 0.29) is 5.82 Å². The molecule has 0 aliphatic heterocycles. The minimum Gasteiger partial charge on any atom is -0.463 e. The molecule has 0 saturated heterocycles. The number of fused-ring (bicyclic) bond motifs is 1. The summed E-state index contributed by atoms with van der Waals surface area (Å²) in [7, 11) is 1.28. The Bertz CT molecular complexity index is 812. The van der Waals surface area contributed by atoms with Gasteiger partial charge in [0.05, 0.1) is 24.5 Å². The molecule has 3 aromatic rings. The number of ether oxygens (including phenoxy) is 1. The molecule has 0 amide bonds. The van der Waals surface area contributed by atoms with Crippen LogP contribution in [0.15, 0.2) is 33.6 Å². The Morgan fingerprint density at radius 3 is 3.00 bits per heavy atom. The number of rotatable bonds is 2. The largest absolute Gasteiger partial charge is 0.463 e. The first-order valence-electron chi connectivity index (χ1n) is 5.44. The van der Waals surface area contributed by atoms with Gasteiger partial charge in [0.1, 0.15) is 0 Å². The first-order valence-corrected chi connectivity index (χ1v) is 5.44. The monoisotopic (exact) mass is 259 g/mol. The van der Waals surface area contributed by atoms with Crippen molar-refractivity contribution in [2.75, 3.05) is 7.11 Å². The zero-order valence-electron chi connectivity index (χ0n) is 9.89. The SMILES string of the molecule is COC(=O)c1ncc(-c2ccc3oc(=O)[nH]c3c2)[nH]1. The maximum Gasteiger partial charge on any atom is 0.417 e. The third-order valence-corrected chi connectivity index (χ3v) is 2.68. The highest BCUT2D eigenvalue weighted by Gasteiger charge is 2.11. The van der Waals surface area contributed by atoms with Gasteiger partial charge in [-0.25, -0.2) is 14.6 Å². The molecule has 7 nitrogen and oxygen atoms in total. The normalized spacial score (nSPS) is 10.8. The number of aromatic nitrogens is 3. The lowest BCUT2D eigenvalue weighted by Gasteiger charge is -1.97. The molecule has 0 fully saturated rings. The van der Waals surface area contributed by atoms with Crippen LogP contribution >= 0.6 is 0 Å². The van der Waals surface area contributed by atoms with E-state index >= 15 is 0 Å². The van der Waals surface area contributed by atoms with Gasteiger partial charge in [-0.1, -0.05) is 0 Å². The Morgan fingerprint density at radius 1 is 1.37 bits per heavy atom. The van der Waals surface area contributed by atoms with Crippen molar-refractivity contribution in [3.05, 3.63) is 40.8 Å². The number of hydrogen-bond donors (Lipinski definition) is 2. The van der Waals surface area contributed by atoms with Crippen LogP contribution in [0.25, 0.3) is 22.4 Å². The Balaban J connectivity index is 2.05. The van der Waals surface area contributed by atoms with Crippen molar-refractivity contribution in [2.45, 2.75) is 0 Å². The third kappa shape index (κ3) is 1.90. The number of hydrogen-bond acceptors (Lipinski definition) is 5. The molecule has 0 atom stereocenters. The minimum absolute atomic E-state index is 0.123. The molecule has 0 spiro atoms. The predicted molar refractivity (Wildman–Crippen MR) is 65.8 cm³/mol. The molecule has 7 heteroatoms. The van der Waals surface area contributed by atoms with E-state index in [1.165, 1.54) is 13.3 Å². The summed E-state index contributed by atoms with van der Waals surface area (Å²) in [5.74, 6) is -0.922. The number of esters is 1. The van der Waals surface area contributed by atoms with Crippen molar-refractivity contribution in [3.63, 3.8) is 0 Å². The summed E-state index contributed by atoms with van der Waals surface area (Å²) in [5, 5.41) is 0. The standard InChI is InChI=1S/C12H9N3O4/c1-18-11(16)10-13-5-8(14-10)6-2-3-9-7(4-6)15-12(17)19-9/h2-5H,1H3,(H,13,14)(H,15,17). The van der Waals surface area contributed by atoms with Crippen molar-refractivity contribution in [1.29, 1.82) is 0 Å². The van der Waals surface area contributed by atoms with Crippen molar-refractivity contribution >= 4 is 17.1 Å². The van der Waals surface area contributed by atoms with Gasteiger partial charge in [0.15, 0.2) is 5.58 Å². The van der Waals surface area contributed by atoms with E-state index in [1.54, 1.807) is 18.2 Å². The summed E-state index contributed by atoms with van der Waals surface area (Å²) in [5.41, 5.74) is 2.47. The summed E-state index contributed by atoms with van der Waals surface area (Å²) >= 11 is 0. The van der Waals surface area contributed by atoms with Crippen LogP contribution in [-0.4, -0.2) is 28.0 Å². The summed E-state index contributed by atoms with van der Waals surface area (Å²) in [6, 6.07) is 5.16.